The maximum atomic E-state index is 6.54. The van der Waals surface area contributed by atoms with E-state index in [1.807, 2.05) is 6.07 Å². The third kappa shape index (κ3) is 4.45. The Morgan fingerprint density at radius 1 is 1.18 bits per heavy atom. The number of benzene rings is 2. The van der Waals surface area contributed by atoms with Crippen molar-refractivity contribution in [2.75, 3.05) is 6.54 Å². The van der Waals surface area contributed by atoms with E-state index in [1.54, 1.807) is 0 Å². The number of hydrogen-bond acceptors (Lipinski definition) is 0. The van der Waals surface area contributed by atoms with Gasteiger partial charge in [-0.3, -0.25) is 0 Å². The van der Waals surface area contributed by atoms with Crippen LogP contribution < -0.4 is 11.0 Å². The molecule has 0 aliphatic rings. The van der Waals surface area contributed by atoms with Crippen LogP contribution in [0.4, 0.5) is 0 Å². The van der Waals surface area contributed by atoms with Gasteiger partial charge < -0.3 is 0 Å². The summed E-state index contributed by atoms with van der Waals surface area (Å²) >= 11 is 10.1. The average Bonchev–Trinajstić information content (AvgIpc) is 2.54. The van der Waals surface area contributed by atoms with Gasteiger partial charge in [0, 0.05) is 0 Å². The zero-order valence-electron chi connectivity index (χ0n) is 12.3. The maximum absolute atomic E-state index is 6.54. The summed E-state index contributed by atoms with van der Waals surface area (Å²) in [6.07, 6.45) is 0. The fourth-order valence-electron chi connectivity index (χ4n) is 2.11. The number of hydrogen-bond donors (Lipinski definition) is 1. The topological polar surface area (TPSA) is 29.0 Å². The van der Waals surface area contributed by atoms with Gasteiger partial charge in [-0.15, -0.1) is 0 Å². The van der Waals surface area contributed by atoms with Crippen molar-refractivity contribution in [2.24, 2.45) is 5.73 Å². The van der Waals surface area contributed by atoms with Gasteiger partial charge in [-0.1, -0.05) is 0 Å². The van der Waals surface area contributed by atoms with Gasteiger partial charge in [0.05, 0.1) is 0 Å². The van der Waals surface area contributed by atoms with Crippen molar-refractivity contribution in [3.8, 4) is 0 Å². The molecule has 0 aromatic heterocycles. The van der Waals surface area contributed by atoms with Crippen molar-refractivity contribution < 1.29 is 4.58 Å². The number of amidine groups is 1. The first-order valence-corrected chi connectivity index (χ1v) is 14.0. The number of nitrogens with zero attached hydrogens (tertiary/aromatic N) is 1. The molecule has 0 amide bonds. The van der Waals surface area contributed by atoms with Crippen LogP contribution in [-0.2, 0) is 6.54 Å². The van der Waals surface area contributed by atoms with Crippen LogP contribution >= 0.6 is 20.6 Å². The summed E-state index contributed by atoms with van der Waals surface area (Å²) in [6, 6.07) is 18.8. The molecule has 2 nitrogen and oxygen atoms in total. The van der Waals surface area contributed by atoms with E-state index in [4.69, 9.17) is 5.73 Å². The summed E-state index contributed by atoms with van der Waals surface area (Å²) < 4.78 is 1.58. The van der Waals surface area contributed by atoms with Crippen LogP contribution in [0, 0.1) is 0 Å². The van der Waals surface area contributed by atoms with Gasteiger partial charge in [-0.2, -0.15) is 0 Å². The molecular formula is C16H18BrN2PSe2+. The molecule has 0 spiro atoms. The fourth-order valence-corrected chi connectivity index (χ4v) is 6.77. The molecular weight excluding hydrogens is 489 g/mol. The van der Waals surface area contributed by atoms with Gasteiger partial charge in [0.2, 0.25) is 0 Å². The molecule has 2 aromatic rings. The van der Waals surface area contributed by atoms with Crippen LogP contribution in [0.15, 0.2) is 59.1 Å². The van der Waals surface area contributed by atoms with Crippen LogP contribution in [0.1, 0.15) is 12.5 Å². The van der Waals surface area contributed by atoms with Gasteiger partial charge in [-0.25, -0.2) is 0 Å². The van der Waals surface area contributed by atoms with Gasteiger partial charge in [-0.05, 0) is 0 Å². The third-order valence-corrected chi connectivity index (χ3v) is 10.8. The molecule has 0 bridgehead atoms. The van der Waals surface area contributed by atoms with Gasteiger partial charge >= 0.3 is 158 Å². The molecule has 0 unspecified atom stereocenters. The van der Waals surface area contributed by atoms with E-state index >= 15 is 0 Å². The summed E-state index contributed by atoms with van der Waals surface area (Å²) in [4.78, 5) is 0. The molecule has 0 saturated carbocycles. The summed E-state index contributed by atoms with van der Waals surface area (Å²) in [5.74, 6) is 0. The molecule has 0 fully saturated rings. The summed E-state index contributed by atoms with van der Waals surface area (Å²) in [5.41, 5.74) is 8.69. The van der Waals surface area contributed by atoms with E-state index in [1.165, 1.54) is 10.9 Å². The Morgan fingerprint density at radius 3 is 2.32 bits per heavy atom. The van der Waals surface area contributed by atoms with E-state index in [0.29, 0.717) is 0 Å². The van der Waals surface area contributed by atoms with Crippen LogP contribution in [0.5, 0.6) is 0 Å². The second kappa shape index (κ2) is 8.10. The van der Waals surface area contributed by atoms with Crippen molar-refractivity contribution in [1.29, 1.82) is 0 Å². The zero-order chi connectivity index (χ0) is 16.2. The van der Waals surface area contributed by atoms with Crippen LogP contribution in [0.3, 0.4) is 0 Å². The van der Waals surface area contributed by atoms with E-state index in [2.05, 4.69) is 107 Å². The minimum absolute atomic E-state index is 0.813. The first-order chi connectivity index (χ1) is 10.4. The molecule has 0 atom stereocenters. The first-order valence-electron chi connectivity index (χ1n) is 6.94. The molecule has 22 heavy (non-hydrogen) atoms. The Bertz CT molecular complexity index is 658. The van der Waals surface area contributed by atoms with Gasteiger partial charge in [0.15, 0.2) is 0 Å². The Hall–Kier alpha value is -0.141. The molecule has 0 aliphatic heterocycles. The molecule has 0 saturated heterocycles. The molecule has 6 heteroatoms. The predicted molar refractivity (Wildman–Crippen MR) is 102 cm³/mol. The van der Waals surface area contributed by atoms with Crippen molar-refractivity contribution in [3.05, 3.63) is 64.6 Å². The summed E-state index contributed by atoms with van der Waals surface area (Å²) in [6.45, 7) is 3.82. The van der Waals surface area contributed by atoms with E-state index in [-0.39, 0.29) is 0 Å². The van der Waals surface area contributed by atoms with Crippen LogP contribution in [0.25, 0.3) is 0 Å². The quantitative estimate of drug-likeness (QED) is 0.218. The first kappa shape index (κ1) is 18.2. The van der Waals surface area contributed by atoms with Crippen molar-refractivity contribution in [1.82, 2.24) is 0 Å². The Balaban J connectivity index is 2.33. The Kier molecular flexibility index (Phi) is 6.71. The number of halogens is 1. The monoisotopic (exact) mass is 508 g/mol. The third-order valence-electron chi connectivity index (χ3n) is 3.39. The Morgan fingerprint density at radius 2 is 1.77 bits per heavy atom. The summed E-state index contributed by atoms with van der Waals surface area (Å²) in [5, 5.41) is 1.24. The molecule has 115 valence electrons. The van der Waals surface area contributed by atoms with Crippen molar-refractivity contribution >= 4 is 62.6 Å². The zero-order valence-corrected chi connectivity index (χ0v) is 18.2. The molecule has 2 N–H and O–H groups in total. The normalized spacial score (nSPS) is 15.1. The van der Waals surface area contributed by atoms with E-state index in [9.17, 15) is 0 Å². The molecule has 1 radical (unpaired) electrons. The summed E-state index contributed by atoms with van der Waals surface area (Å²) in [7, 11) is 0. The second-order valence-electron chi connectivity index (χ2n) is 4.89. The van der Waals surface area contributed by atoms with Crippen LogP contribution in [0.2, 0.25) is 0 Å². The number of rotatable bonds is 5. The van der Waals surface area contributed by atoms with Crippen LogP contribution in [-0.4, -0.2) is 47.8 Å². The van der Waals surface area contributed by atoms with Crippen molar-refractivity contribution in [3.63, 3.8) is 0 Å². The average molecular weight is 507 g/mol. The molecule has 2 rings (SSSR count). The standard InChI is InChI=1S/C16H17BrN2PSe2/c1-2-19(12-13-8-10-14(17)11-9-13)16(18)20(21,22)15-6-4-3-5-7-15/h3-11,18H,2,12H2,1H3/p+1. The van der Waals surface area contributed by atoms with Gasteiger partial charge in [0.25, 0.3) is 0 Å². The SMILES string of the molecule is CC[N+](Cc1ccc(Br)cc1)=C(N)[P+]([Se])([Se-])c1ccccc1. The molecule has 0 heterocycles. The fraction of sp³-hybridized carbons (Fsp3) is 0.188. The Labute approximate surface area is 156 Å². The minimum atomic E-state index is -1.74. The van der Waals surface area contributed by atoms with E-state index in [0.717, 1.165) is 23.1 Å². The predicted octanol–water partition coefficient (Wildman–Crippen LogP) is 2.81. The second-order valence-corrected chi connectivity index (χ2v) is 18.3. The van der Waals surface area contributed by atoms with Gasteiger partial charge in [0.1, 0.15) is 0 Å². The molecule has 0 aliphatic carbocycles. The number of nitrogens with two attached hydrogens (primary N) is 1. The molecule has 2 aromatic carbocycles. The van der Waals surface area contributed by atoms with E-state index < -0.39 is 4.64 Å². The van der Waals surface area contributed by atoms with Crippen molar-refractivity contribution in [2.45, 2.75) is 13.5 Å².